The number of anilines is 1. The zero-order chi connectivity index (χ0) is 15.2. The number of pyridine rings is 1. The molecule has 21 heavy (non-hydrogen) atoms. The smallest absolute Gasteiger partial charge is 0.128 e. The highest BCUT2D eigenvalue weighted by atomic mass is 35.5. The van der Waals surface area contributed by atoms with Crippen LogP contribution >= 0.6 is 11.6 Å². The number of aromatic nitrogens is 1. The molecular formula is C17H22ClN3. The average molecular weight is 304 g/mol. The molecule has 2 rings (SSSR count). The standard InChI is InChI=1S/C17H22ClN3/c1-4-19-11-14-8-9-17(20-12-14)21(3)13(2)15-6-5-7-16(18)10-15/h5-10,12-13,19H,4,11H2,1-3H3. The van der Waals surface area contributed by atoms with Gasteiger partial charge in [-0.1, -0.05) is 36.7 Å². The molecule has 0 saturated carbocycles. The van der Waals surface area contributed by atoms with Crippen LogP contribution in [-0.2, 0) is 6.54 Å². The highest BCUT2D eigenvalue weighted by Gasteiger charge is 2.13. The van der Waals surface area contributed by atoms with Crippen molar-refractivity contribution in [2.45, 2.75) is 26.4 Å². The first-order valence-electron chi connectivity index (χ1n) is 7.25. The van der Waals surface area contributed by atoms with Crippen molar-refractivity contribution < 1.29 is 0 Å². The Bertz CT molecular complexity index is 569. The molecule has 1 N–H and O–H groups in total. The molecule has 0 radical (unpaired) electrons. The van der Waals surface area contributed by atoms with Gasteiger partial charge in [-0.05, 0) is 42.8 Å². The molecule has 0 spiro atoms. The van der Waals surface area contributed by atoms with E-state index in [0.29, 0.717) is 0 Å². The van der Waals surface area contributed by atoms with Gasteiger partial charge in [0.05, 0.1) is 6.04 Å². The summed E-state index contributed by atoms with van der Waals surface area (Å²) in [4.78, 5) is 6.71. The van der Waals surface area contributed by atoms with E-state index in [1.165, 1.54) is 11.1 Å². The van der Waals surface area contributed by atoms with E-state index in [0.717, 1.165) is 23.9 Å². The van der Waals surface area contributed by atoms with E-state index in [2.05, 4.69) is 54.3 Å². The quantitative estimate of drug-likeness (QED) is 0.873. The van der Waals surface area contributed by atoms with Crippen LogP contribution in [0.1, 0.15) is 31.0 Å². The van der Waals surface area contributed by atoms with E-state index in [1.54, 1.807) is 0 Å². The first-order chi connectivity index (χ1) is 10.1. The lowest BCUT2D eigenvalue weighted by Crippen LogP contribution is -2.22. The number of nitrogens with one attached hydrogen (secondary N) is 1. The van der Waals surface area contributed by atoms with Gasteiger partial charge in [0.2, 0.25) is 0 Å². The monoisotopic (exact) mass is 303 g/mol. The Labute approximate surface area is 132 Å². The zero-order valence-corrected chi connectivity index (χ0v) is 13.6. The van der Waals surface area contributed by atoms with Crippen LogP contribution in [0.15, 0.2) is 42.6 Å². The summed E-state index contributed by atoms with van der Waals surface area (Å²) in [6.45, 7) is 6.08. The second kappa shape index (κ2) is 7.43. The van der Waals surface area contributed by atoms with Crippen molar-refractivity contribution in [3.05, 3.63) is 58.7 Å². The molecule has 0 saturated heterocycles. The maximum absolute atomic E-state index is 6.07. The van der Waals surface area contributed by atoms with Crippen LogP contribution in [-0.4, -0.2) is 18.6 Å². The average Bonchev–Trinajstić information content (AvgIpc) is 2.52. The summed E-state index contributed by atoms with van der Waals surface area (Å²) in [5, 5.41) is 4.07. The van der Waals surface area contributed by atoms with Gasteiger partial charge < -0.3 is 10.2 Å². The van der Waals surface area contributed by atoms with Crippen molar-refractivity contribution in [1.82, 2.24) is 10.3 Å². The van der Waals surface area contributed by atoms with Crippen molar-refractivity contribution in [3.63, 3.8) is 0 Å². The Hall–Kier alpha value is -1.58. The molecular weight excluding hydrogens is 282 g/mol. The molecule has 0 fully saturated rings. The minimum atomic E-state index is 0.218. The highest BCUT2D eigenvalue weighted by molar-refractivity contribution is 6.30. The lowest BCUT2D eigenvalue weighted by atomic mass is 10.1. The van der Waals surface area contributed by atoms with Gasteiger partial charge in [-0.2, -0.15) is 0 Å². The molecule has 3 nitrogen and oxygen atoms in total. The van der Waals surface area contributed by atoms with Gasteiger partial charge in [-0.3, -0.25) is 0 Å². The van der Waals surface area contributed by atoms with Crippen molar-refractivity contribution in [3.8, 4) is 0 Å². The molecule has 0 bridgehead atoms. The van der Waals surface area contributed by atoms with Crippen LogP contribution in [0.5, 0.6) is 0 Å². The third-order valence-corrected chi connectivity index (χ3v) is 3.90. The topological polar surface area (TPSA) is 28.2 Å². The minimum Gasteiger partial charge on any atom is -0.353 e. The maximum Gasteiger partial charge on any atom is 0.128 e. The molecule has 1 unspecified atom stereocenters. The predicted octanol–water partition coefficient (Wildman–Crippen LogP) is 4.04. The van der Waals surface area contributed by atoms with Crippen molar-refractivity contribution in [2.75, 3.05) is 18.5 Å². The predicted molar refractivity (Wildman–Crippen MR) is 89.9 cm³/mol. The van der Waals surface area contributed by atoms with Crippen molar-refractivity contribution >= 4 is 17.4 Å². The summed E-state index contributed by atoms with van der Waals surface area (Å²) < 4.78 is 0. The number of rotatable bonds is 6. The van der Waals surface area contributed by atoms with E-state index in [-0.39, 0.29) is 6.04 Å². The fourth-order valence-corrected chi connectivity index (χ4v) is 2.39. The number of nitrogens with zero attached hydrogens (tertiary/aromatic N) is 2. The highest BCUT2D eigenvalue weighted by Crippen LogP contribution is 2.25. The molecule has 4 heteroatoms. The summed E-state index contributed by atoms with van der Waals surface area (Å²) in [6, 6.07) is 12.4. The van der Waals surface area contributed by atoms with Gasteiger partial charge in [-0.25, -0.2) is 4.98 Å². The number of benzene rings is 1. The molecule has 0 aliphatic heterocycles. The normalized spacial score (nSPS) is 12.2. The largest absolute Gasteiger partial charge is 0.353 e. The molecule has 2 aromatic rings. The third kappa shape index (κ3) is 4.19. The van der Waals surface area contributed by atoms with Crippen LogP contribution in [0.4, 0.5) is 5.82 Å². The second-order valence-electron chi connectivity index (χ2n) is 5.15. The van der Waals surface area contributed by atoms with Gasteiger partial charge in [-0.15, -0.1) is 0 Å². The summed E-state index contributed by atoms with van der Waals surface area (Å²) in [7, 11) is 2.05. The molecule has 1 heterocycles. The van der Waals surface area contributed by atoms with Gasteiger partial charge in [0.1, 0.15) is 5.82 Å². The number of halogens is 1. The van der Waals surface area contributed by atoms with Crippen LogP contribution in [0.25, 0.3) is 0 Å². The first kappa shape index (κ1) is 15.8. The van der Waals surface area contributed by atoms with Crippen LogP contribution in [0.2, 0.25) is 5.02 Å². The Morgan fingerprint density at radius 1 is 1.29 bits per heavy atom. The van der Waals surface area contributed by atoms with E-state index >= 15 is 0 Å². The zero-order valence-electron chi connectivity index (χ0n) is 12.8. The second-order valence-corrected chi connectivity index (χ2v) is 5.58. The van der Waals surface area contributed by atoms with E-state index < -0.39 is 0 Å². The molecule has 1 atom stereocenters. The summed E-state index contributed by atoms with van der Waals surface area (Å²) in [5.74, 6) is 0.961. The molecule has 1 aromatic carbocycles. The van der Waals surface area contributed by atoms with Gasteiger partial charge in [0.15, 0.2) is 0 Å². The fraction of sp³-hybridized carbons (Fsp3) is 0.353. The van der Waals surface area contributed by atoms with E-state index in [4.69, 9.17) is 11.6 Å². The van der Waals surface area contributed by atoms with E-state index in [1.807, 2.05) is 24.4 Å². The Kier molecular flexibility index (Phi) is 5.59. The Balaban J connectivity index is 2.10. The Morgan fingerprint density at radius 3 is 2.71 bits per heavy atom. The SMILES string of the molecule is CCNCc1ccc(N(C)C(C)c2cccc(Cl)c2)nc1. The van der Waals surface area contributed by atoms with Crippen molar-refractivity contribution in [2.24, 2.45) is 0 Å². The van der Waals surface area contributed by atoms with Crippen LogP contribution in [0, 0.1) is 0 Å². The number of hydrogen-bond acceptors (Lipinski definition) is 3. The summed E-state index contributed by atoms with van der Waals surface area (Å²) >= 11 is 6.07. The molecule has 0 amide bonds. The van der Waals surface area contributed by atoms with E-state index in [9.17, 15) is 0 Å². The molecule has 112 valence electrons. The molecule has 0 aliphatic carbocycles. The lowest BCUT2D eigenvalue weighted by molar-refractivity contribution is 0.715. The maximum atomic E-state index is 6.07. The third-order valence-electron chi connectivity index (χ3n) is 3.66. The molecule has 1 aromatic heterocycles. The van der Waals surface area contributed by atoms with Gasteiger partial charge >= 0.3 is 0 Å². The summed E-state index contributed by atoms with van der Waals surface area (Å²) in [6.07, 6.45) is 1.93. The number of hydrogen-bond donors (Lipinski definition) is 1. The van der Waals surface area contributed by atoms with Gasteiger partial charge in [0.25, 0.3) is 0 Å². The van der Waals surface area contributed by atoms with Crippen LogP contribution < -0.4 is 10.2 Å². The van der Waals surface area contributed by atoms with Crippen LogP contribution in [0.3, 0.4) is 0 Å². The van der Waals surface area contributed by atoms with Crippen molar-refractivity contribution in [1.29, 1.82) is 0 Å². The molecule has 0 aliphatic rings. The minimum absolute atomic E-state index is 0.218. The summed E-state index contributed by atoms with van der Waals surface area (Å²) in [5.41, 5.74) is 2.38. The lowest BCUT2D eigenvalue weighted by Gasteiger charge is -2.26. The van der Waals surface area contributed by atoms with Gasteiger partial charge in [0, 0.05) is 24.8 Å². The fourth-order valence-electron chi connectivity index (χ4n) is 2.19. The Morgan fingerprint density at radius 2 is 2.10 bits per heavy atom. The first-order valence-corrected chi connectivity index (χ1v) is 7.63.